The smallest absolute Gasteiger partial charge is 0.311 e. The Morgan fingerprint density at radius 1 is 1.18 bits per heavy atom. The lowest BCUT2D eigenvalue weighted by Crippen LogP contribution is -2.55. The number of halogens is 1. The summed E-state index contributed by atoms with van der Waals surface area (Å²) in [4.78, 5) is 45.2. The highest BCUT2D eigenvalue weighted by Gasteiger charge is 2.76. The molecule has 0 saturated carbocycles. The summed E-state index contributed by atoms with van der Waals surface area (Å²) in [7, 11) is 0. The summed E-state index contributed by atoms with van der Waals surface area (Å²) >= 11 is 5.40. The Labute approximate surface area is 237 Å². The first-order valence-electron chi connectivity index (χ1n) is 13.3. The van der Waals surface area contributed by atoms with Gasteiger partial charge in [0.1, 0.15) is 12.6 Å². The molecule has 2 bridgehead atoms. The van der Waals surface area contributed by atoms with E-state index in [0.29, 0.717) is 32.5 Å². The fraction of sp³-hybridized carbons (Fsp3) is 0.552. The van der Waals surface area contributed by atoms with E-state index in [2.05, 4.69) is 29.1 Å². The van der Waals surface area contributed by atoms with Crippen LogP contribution < -0.4 is 0 Å². The lowest BCUT2D eigenvalue weighted by Gasteiger charge is -2.38. The number of hydrogen-bond donors (Lipinski definition) is 1. The van der Waals surface area contributed by atoms with E-state index in [-0.39, 0.29) is 35.1 Å². The molecule has 3 fully saturated rings. The average molecular weight is 606 g/mol. The van der Waals surface area contributed by atoms with Crippen LogP contribution in [-0.2, 0) is 25.7 Å². The van der Waals surface area contributed by atoms with E-state index < -0.39 is 28.6 Å². The molecule has 206 valence electrons. The van der Waals surface area contributed by atoms with Gasteiger partial charge in [-0.15, -0.1) is 18.3 Å². The molecule has 1 aromatic carbocycles. The molecule has 0 aliphatic carbocycles. The standard InChI is InChI=1S/C29H37BrN2O5S/c1-3-14-31(19-20-12-8-7-9-13-20)27(35)25-29-18-21(30)24(38-29)22(28(36)37-17-4-2)23(29)26(34)32(25)15-10-5-6-11-16-33/h3-4,7-9,12-13,21-25,33H,1-2,5-6,10-11,14-19H2/t21?,22-,23-,24-,25?,29?/m0/s1. The minimum atomic E-state index is -0.702. The van der Waals surface area contributed by atoms with Gasteiger partial charge in [0.05, 0.1) is 16.6 Å². The van der Waals surface area contributed by atoms with Crippen LogP contribution in [0.2, 0.25) is 0 Å². The van der Waals surface area contributed by atoms with Gasteiger partial charge in [-0.2, -0.15) is 0 Å². The van der Waals surface area contributed by atoms with Crippen molar-refractivity contribution in [3.63, 3.8) is 0 Å². The zero-order valence-electron chi connectivity index (χ0n) is 21.7. The summed E-state index contributed by atoms with van der Waals surface area (Å²) < 4.78 is 4.75. The predicted octanol–water partition coefficient (Wildman–Crippen LogP) is 3.95. The van der Waals surface area contributed by atoms with Gasteiger partial charge < -0.3 is 19.6 Å². The van der Waals surface area contributed by atoms with Crippen LogP contribution in [0, 0.1) is 11.8 Å². The molecule has 7 nitrogen and oxygen atoms in total. The Morgan fingerprint density at radius 2 is 1.92 bits per heavy atom. The van der Waals surface area contributed by atoms with Crippen molar-refractivity contribution in [1.29, 1.82) is 0 Å². The molecule has 3 saturated heterocycles. The molecule has 1 aromatic rings. The molecule has 1 N–H and O–H groups in total. The van der Waals surface area contributed by atoms with Gasteiger partial charge in [0, 0.05) is 36.3 Å². The second-order valence-corrected chi connectivity index (χ2v) is 13.0. The number of nitrogens with zero attached hydrogens (tertiary/aromatic N) is 2. The van der Waals surface area contributed by atoms with Gasteiger partial charge in [-0.25, -0.2) is 0 Å². The Bertz CT molecular complexity index is 1040. The topological polar surface area (TPSA) is 87.1 Å². The fourth-order valence-electron chi connectivity index (χ4n) is 6.27. The highest BCUT2D eigenvalue weighted by atomic mass is 79.9. The third kappa shape index (κ3) is 5.47. The van der Waals surface area contributed by atoms with Crippen LogP contribution in [0.4, 0.5) is 0 Å². The first kappa shape index (κ1) is 28.9. The van der Waals surface area contributed by atoms with Gasteiger partial charge in [0.2, 0.25) is 11.8 Å². The van der Waals surface area contributed by atoms with Crippen LogP contribution in [0.1, 0.15) is 37.7 Å². The first-order valence-corrected chi connectivity index (χ1v) is 15.1. The zero-order valence-corrected chi connectivity index (χ0v) is 24.1. The monoisotopic (exact) mass is 604 g/mol. The van der Waals surface area contributed by atoms with Crippen molar-refractivity contribution < 1.29 is 24.2 Å². The summed E-state index contributed by atoms with van der Waals surface area (Å²) in [6, 6.07) is 9.13. The lowest BCUT2D eigenvalue weighted by atomic mass is 9.71. The lowest BCUT2D eigenvalue weighted by molar-refractivity contribution is -0.153. The van der Waals surface area contributed by atoms with E-state index in [1.807, 2.05) is 30.3 Å². The maximum atomic E-state index is 14.4. The maximum Gasteiger partial charge on any atom is 0.311 e. The fourth-order valence-corrected chi connectivity index (χ4v) is 9.86. The summed E-state index contributed by atoms with van der Waals surface area (Å²) in [5, 5.41) is 9.00. The number of fused-ring (bicyclic) bond motifs is 1. The van der Waals surface area contributed by atoms with Gasteiger partial charge in [-0.05, 0) is 24.8 Å². The van der Waals surface area contributed by atoms with E-state index in [1.165, 1.54) is 6.08 Å². The van der Waals surface area contributed by atoms with Crippen LogP contribution in [0.25, 0.3) is 0 Å². The minimum absolute atomic E-state index is 0.000358. The molecule has 3 heterocycles. The summed E-state index contributed by atoms with van der Waals surface area (Å²) in [5.41, 5.74) is 1.00. The Morgan fingerprint density at radius 3 is 2.61 bits per heavy atom. The average Bonchev–Trinajstić information content (AvgIpc) is 3.50. The molecule has 0 aromatic heterocycles. The van der Waals surface area contributed by atoms with Crippen LogP contribution in [0.15, 0.2) is 55.6 Å². The van der Waals surface area contributed by atoms with Crippen molar-refractivity contribution in [3.8, 4) is 0 Å². The van der Waals surface area contributed by atoms with E-state index >= 15 is 0 Å². The largest absolute Gasteiger partial charge is 0.461 e. The van der Waals surface area contributed by atoms with Gasteiger partial charge in [-0.1, -0.05) is 77.8 Å². The number of thioether (sulfide) groups is 1. The van der Waals surface area contributed by atoms with Crippen molar-refractivity contribution in [2.24, 2.45) is 11.8 Å². The van der Waals surface area contributed by atoms with Crippen molar-refractivity contribution in [2.75, 3.05) is 26.3 Å². The summed E-state index contributed by atoms with van der Waals surface area (Å²) in [5.74, 6) is -1.83. The number of aliphatic hydroxyl groups excluding tert-OH is 1. The highest BCUT2D eigenvalue weighted by molar-refractivity contribution is 9.09. The number of benzene rings is 1. The number of alkyl halides is 1. The molecule has 3 aliphatic rings. The van der Waals surface area contributed by atoms with Crippen molar-refractivity contribution >= 4 is 45.5 Å². The van der Waals surface area contributed by atoms with Crippen molar-refractivity contribution in [1.82, 2.24) is 9.80 Å². The van der Waals surface area contributed by atoms with Gasteiger partial charge in [-0.3, -0.25) is 14.4 Å². The van der Waals surface area contributed by atoms with Gasteiger partial charge in [0.25, 0.3) is 0 Å². The normalized spacial score (nSPS) is 29.3. The van der Waals surface area contributed by atoms with Crippen LogP contribution in [0.3, 0.4) is 0 Å². The molecule has 9 heteroatoms. The van der Waals surface area contributed by atoms with E-state index in [9.17, 15) is 14.4 Å². The number of unbranched alkanes of at least 4 members (excludes halogenated alkanes) is 3. The second kappa shape index (κ2) is 12.8. The number of likely N-dealkylation sites (tertiary alicyclic amines) is 1. The number of aliphatic hydroxyl groups is 1. The Hall–Kier alpha value is -2.10. The number of amides is 2. The molecule has 2 amide bonds. The SMILES string of the molecule is C=CCOC(=O)[C@H]1[C@H]2C(=O)N(CCCCCCO)C(C(=O)N(CC=C)Cc3ccccc3)C23CC(Br)[C@@H]1S3. The van der Waals surface area contributed by atoms with Gasteiger partial charge >= 0.3 is 5.97 Å². The number of hydrogen-bond acceptors (Lipinski definition) is 6. The van der Waals surface area contributed by atoms with E-state index in [4.69, 9.17) is 9.84 Å². The van der Waals surface area contributed by atoms with Crippen molar-refractivity contribution in [2.45, 2.75) is 59.5 Å². The highest BCUT2D eigenvalue weighted by Crippen LogP contribution is 2.68. The molecule has 4 rings (SSSR count). The van der Waals surface area contributed by atoms with Crippen LogP contribution in [0.5, 0.6) is 0 Å². The molecule has 3 aliphatic heterocycles. The van der Waals surface area contributed by atoms with E-state index in [1.54, 1.807) is 27.6 Å². The van der Waals surface area contributed by atoms with E-state index in [0.717, 1.165) is 24.8 Å². The zero-order chi connectivity index (χ0) is 27.3. The second-order valence-electron chi connectivity index (χ2n) is 10.2. The number of carbonyl (C=O) groups excluding carboxylic acids is 3. The Kier molecular flexibility index (Phi) is 9.76. The number of carbonyl (C=O) groups is 3. The first-order chi connectivity index (χ1) is 18.4. The number of ether oxygens (including phenoxy) is 1. The Balaban J connectivity index is 1.67. The number of esters is 1. The summed E-state index contributed by atoms with van der Waals surface area (Å²) in [6.07, 6.45) is 7.04. The molecule has 38 heavy (non-hydrogen) atoms. The molecular formula is C29H37BrN2O5S. The van der Waals surface area contributed by atoms with Crippen LogP contribution >= 0.6 is 27.7 Å². The van der Waals surface area contributed by atoms with Crippen LogP contribution in [-0.4, -0.2) is 79.9 Å². The molecule has 3 unspecified atom stereocenters. The summed E-state index contributed by atoms with van der Waals surface area (Å²) in [6.45, 7) is 8.96. The molecule has 1 spiro atoms. The molecule has 0 radical (unpaired) electrons. The number of rotatable bonds is 14. The quantitative estimate of drug-likeness (QED) is 0.150. The third-order valence-corrected chi connectivity index (χ3v) is 11.0. The third-order valence-electron chi connectivity index (χ3n) is 7.82. The predicted molar refractivity (Wildman–Crippen MR) is 153 cm³/mol. The van der Waals surface area contributed by atoms with Crippen molar-refractivity contribution in [3.05, 3.63) is 61.2 Å². The molecule has 6 atom stereocenters. The maximum absolute atomic E-state index is 14.4. The molecular weight excluding hydrogens is 568 g/mol. The van der Waals surface area contributed by atoms with Gasteiger partial charge in [0.15, 0.2) is 0 Å². The minimum Gasteiger partial charge on any atom is -0.461 e.